The van der Waals surface area contributed by atoms with Crippen molar-refractivity contribution in [3.8, 4) is 11.7 Å². The van der Waals surface area contributed by atoms with Crippen LogP contribution in [0.3, 0.4) is 0 Å². The van der Waals surface area contributed by atoms with Gasteiger partial charge in [0, 0.05) is 18.7 Å². The molecule has 4 heteroatoms. The van der Waals surface area contributed by atoms with Crippen LogP contribution in [0.15, 0.2) is 41.1 Å². The number of hydrogen-bond acceptors (Lipinski definition) is 4. The van der Waals surface area contributed by atoms with E-state index in [0.717, 1.165) is 25.1 Å². The predicted octanol–water partition coefficient (Wildman–Crippen LogP) is 2.96. The maximum absolute atomic E-state index is 5.60. The van der Waals surface area contributed by atoms with Gasteiger partial charge in [-0.1, -0.05) is 0 Å². The molecule has 0 aromatic carbocycles. The van der Waals surface area contributed by atoms with Gasteiger partial charge < -0.3 is 14.1 Å². The minimum absolute atomic E-state index is 0.517. The molecule has 0 aliphatic heterocycles. The number of pyridine rings is 1. The Morgan fingerprint density at radius 3 is 2.89 bits per heavy atom. The maximum Gasteiger partial charge on any atom is 0.290 e. The van der Waals surface area contributed by atoms with Crippen LogP contribution in [0, 0.1) is 0 Å². The number of rotatable bonds is 6. The first-order valence-corrected chi connectivity index (χ1v) is 6.05. The van der Waals surface area contributed by atoms with Crippen LogP contribution in [0.2, 0.25) is 0 Å². The molecule has 0 amide bonds. The average molecular weight is 246 g/mol. The van der Waals surface area contributed by atoms with Gasteiger partial charge in [0.1, 0.15) is 11.5 Å². The van der Waals surface area contributed by atoms with Crippen molar-refractivity contribution in [1.82, 2.24) is 9.88 Å². The zero-order valence-electron chi connectivity index (χ0n) is 10.8. The molecule has 0 fully saturated rings. The van der Waals surface area contributed by atoms with E-state index >= 15 is 0 Å². The van der Waals surface area contributed by atoms with E-state index in [1.807, 2.05) is 24.3 Å². The van der Waals surface area contributed by atoms with E-state index in [0.29, 0.717) is 11.7 Å². The van der Waals surface area contributed by atoms with Gasteiger partial charge in [-0.25, -0.2) is 0 Å². The molecule has 0 aliphatic rings. The van der Waals surface area contributed by atoms with Gasteiger partial charge in [0.15, 0.2) is 0 Å². The number of nitrogens with zero attached hydrogens (tertiary/aromatic N) is 2. The molecule has 96 valence electrons. The Labute approximate surface area is 107 Å². The fourth-order valence-corrected chi connectivity index (χ4v) is 1.64. The van der Waals surface area contributed by atoms with Crippen molar-refractivity contribution in [1.29, 1.82) is 0 Å². The number of furan rings is 1. The molecule has 0 N–H and O–H groups in total. The van der Waals surface area contributed by atoms with Crippen molar-refractivity contribution >= 4 is 0 Å². The normalized spacial score (nSPS) is 10.8. The molecule has 2 aromatic rings. The summed E-state index contributed by atoms with van der Waals surface area (Å²) in [6.45, 7) is 1.06. The standard InChI is InChI=1S/C14H18N2O2/c1-16(2)10-4-6-12-7-8-14(17-12)18-13-5-3-9-15-11-13/h3,5,7-9,11H,4,6,10H2,1-2H3. The Morgan fingerprint density at radius 2 is 2.17 bits per heavy atom. The predicted molar refractivity (Wildman–Crippen MR) is 69.9 cm³/mol. The van der Waals surface area contributed by atoms with Crippen molar-refractivity contribution < 1.29 is 9.15 Å². The smallest absolute Gasteiger partial charge is 0.290 e. The number of aryl methyl sites for hydroxylation is 1. The van der Waals surface area contributed by atoms with Crippen molar-refractivity contribution in [2.45, 2.75) is 12.8 Å². The molecule has 2 rings (SSSR count). The van der Waals surface area contributed by atoms with Crippen molar-refractivity contribution in [2.75, 3.05) is 20.6 Å². The topological polar surface area (TPSA) is 38.5 Å². The van der Waals surface area contributed by atoms with Crippen molar-refractivity contribution in [3.63, 3.8) is 0 Å². The van der Waals surface area contributed by atoms with Gasteiger partial charge in [-0.3, -0.25) is 4.98 Å². The molecule has 4 nitrogen and oxygen atoms in total. The van der Waals surface area contributed by atoms with Crippen LogP contribution in [0.25, 0.3) is 0 Å². The van der Waals surface area contributed by atoms with Crippen LogP contribution in [0.4, 0.5) is 0 Å². The van der Waals surface area contributed by atoms with Gasteiger partial charge >= 0.3 is 0 Å². The Balaban J connectivity index is 1.86. The highest BCUT2D eigenvalue weighted by Crippen LogP contribution is 2.23. The summed E-state index contributed by atoms with van der Waals surface area (Å²) in [4.78, 5) is 6.15. The molecule has 0 saturated carbocycles. The van der Waals surface area contributed by atoms with Crippen molar-refractivity contribution in [3.05, 3.63) is 42.4 Å². The Morgan fingerprint density at radius 1 is 1.28 bits per heavy atom. The second kappa shape index (κ2) is 6.21. The zero-order chi connectivity index (χ0) is 12.8. The lowest BCUT2D eigenvalue weighted by atomic mass is 10.2. The van der Waals surface area contributed by atoms with Crippen LogP contribution in [-0.4, -0.2) is 30.5 Å². The van der Waals surface area contributed by atoms with Crippen molar-refractivity contribution in [2.24, 2.45) is 0 Å². The highest BCUT2D eigenvalue weighted by atomic mass is 16.6. The third-order valence-electron chi connectivity index (χ3n) is 2.52. The van der Waals surface area contributed by atoms with Gasteiger partial charge in [-0.05, 0) is 45.3 Å². The summed E-state index contributed by atoms with van der Waals surface area (Å²) in [5.41, 5.74) is 0. The summed E-state index contributed by atoms with van der Waals surface area (Å²) in [5.74, 6) is 2.16. The maximum atomic E-state index is 5.60. The lowest BCUT2D eigenvalue weighted by molar-refractivity contribution is 0.325. The minimum atomic E-state index is 0.517. The molecular weight excluding hydrogens is 228 g/mol. The molecule has 0 radical (unpaired) electrons. The molecule has 0 aliphatic carbocycles. The van der Waals surface area contributed by atoms with Gasteiger partial charge in [-0.2, -0.15) is 0 Å². The monoisotopic (exact) mass is 246 g/mol. The van der Waals surface area contributed by atoms with Crippen LogP contribution < -0.4 is 4.74 Å². The van der Waals surface area contributed by atoms with Gasteiger partial charge in [-0.15, -0.1) is 0 Å². The van der Waals surface area contributed by atoms with Gasteiger partial charge in [0.2, 0.25) is 0 Å². The first-order chi connectivity index (χ1) is 8.74. The fraction of sp³-hybridized carbons (Fsp3) is 0.357. The van der Waals surface area contributed by atoms with E-state index in [4.69, 9.17) is 9.15 Å². The molecule has 18 heavy (non-hydrogen) atoms. The summed E-state index contributed by atoms with van der Waals surface area (Å²) >= 11 is 0. The minimum Gasteiger partial charge on any atom is -0.431 e. The summed E-state index contributed by atoms with van der Waals surface area (Å²) in [6.07, 6.45) is 5.37. The highest BCUT2D eigenvalue weighted by Gasteiger charge is 2.04. The van der Waals surface area contributed by atoms with Crippen LogP contribution in [-0.2, 0) is 6.42 Å². The van der Waals surface area contributed by atoms with E-state index < -0.39 is 0 Å². The molecular formula is C14H18N2O2. The summed E-state index contributed by atoms with van der Waals surface area (Å²) in [7, 11) is 4.14. The largest absolute Gasteiger partial charge is 0.431 e. The van der Waals surface area contributed by atoms with E-state index in [1.165, 1.54) is 0 Å². The molecule has 0 saturated heterocycles. The van der Waals surface area contributed by atoms with E-state index in [-0.39, 0.29) is 0 Å². The molecule has 0 spiro atoms. The first-order valence-electron chi connectivity index (χ1n) is 6.05. The second-order valence-corrected chi connectivity index (χ2v) is 4.42. The van der Waals surface area contributed by atoms with Crippen LogP contribution >= 0.6 is 0 Å². The van der Waals surface area contributed by atoms with E-state index in [2.05, 4.69) is 24.0 Å². The lowest BCUT2D eigenvalue weighted by Gasteiger charge is -2.07. The molecule has 2 heterocycles. The van der Waals surface area contributed by atoms with Crippen LogP contribution in [0.1, 0.15) is 12.2 Å². The molecule has 0 unspecified atom stereocenters. The third-order valence-corrected chi connectivity index (χ3v) is 2.52. The van der Waals surface area contributed by atoms with E-state index in [1.54, 1.807) is 12.4 Å². The highest BCUT2D eigenvalue weighted by molar-refractivity contribution is 5.22. The van der Waals surface area contributed by atoms with Gasteiger partial charge in [0.25, 0.3) is 5.95 Å². The zero-order valence-corrected chi connectivity index (χ0v) is 10.8. The Hall–Kier alpha value is -1.81. The second-order valence-electron chi connectivity index (χ2n) is 4.42. The SMILES string of the molecule is CN(C)CCCc1ccc(Oc2cccnc2)o1. The Kier molecular flexibility index (Phi) is 4.36. The molecule has 2 aromatic heterocycles. The summed E-state index contributed by atoms with van der Waals surface area (Å²) < 4.78 is 11.1. The fourth-order valence-electron chi connectivity index (χ4n) is 1.64. The summed E-state index contributed by atoms with van der Waals surface area (Å²) in [6, 6.07) is 7.48. The number of ether oxygens (including phenoxy) is 1. The lowest BCUT2D eigenvalue weighted by Crippen LogP contribution is -2.13. The van der Waals surface area contributed by atoms with Gasteiger partial charge in [0.05, 0.1) is 6.20 Å². The third kappa shape index (κ3) is 3.89. The first kappa shape index (κ1) is 12.6. The number of aromatic nitrogens is 1. The summed E-state index contributed by atoms with van der Waals surface area (Å²) in [5, 5.41) is 0. The van der Waals surface area contributed by atoms with E-state index in [9.17, 15) is 0 Å². The molecule has 0 bridgehead atoms. The molecule has 0 atom stereocenters. The average Bonchev–Trinajstić information content (AvgIpc) is 2.78. The van der Waals surface area contributed by atoms with Crippen LogP contribution in [0.5, 0.6) is 11.7 Å². The number of hydrogen-bond donors (Lipinski definition) is 0. The quantitative estimate of drug-likeness (QED) is 0.785. The Bertz CT molecular complexity index is 466.